The van der Waals surface area contributed by atoms with E-state index in [1.54, 1.807) is 18.2 Å². The van der Waals surface area contributed by atoms with Gasteiger partial charge in [-0.15, -0.1) is 0 Å². The number of hydrogen-bond donors (Lipinski definition) is 0. The topological polar surface area (TPSA) is 34.6 Å². The highest BCUT2D eigenvalue weighted by molar-refractivity contribution is 6.31. The lowest BCUT2D eigenvalue weighted by Gasteiger charge is -1.99. The summed E-state index contributed by atoms with van der Waals surface area (Å²) in [6, 6.07) is 12.7. The fourth-order valence-corrected chi connectivity index (χ4v) is 2.56. The first-order valence-corrected chi connectivity index (χ1v) is 6.24. The van der Waals surface area contributed by atoms with Crippen LogP contribution in [0.3, 0.4) is 0 Å². The van der Waals surface area contributed by atoms with Crippen LogP contribution in [0.15, 0.2) is 57.9 Å². The SMILES string of the molecule is O=c1c2cc(Cl)ccc2oc2c1cc1ccccn12. The van der Waals surface area contributed by atoms with Crippen LogP contribution in [0.5, 0.6) is 0 Å². The molecule has 0 amide bonds. The average molecular weight is 270 g/mol. The molecule has 1 aromatic carbocycles. The van der Waals surface area contributed by atoms with Gasteiger partial charge in [0.25, 0.3) is 0 Å². The van der Waals surface area contributed by atoms with Gasteiger partial charge >= 0.3 is 0 Å². The van der Waals surface area contributed by atoms with Gasteiger partial charge in [-0.3, -0.25) is 9.20 Å². The molecule has 3 heterocycles. The van der Waals surface area contributed by atoms with E-state index < -0.39 is 0 Å². The molecule has 0 bridgehead atoms. The summed E-state index contributed by atoms with van der Waals surface area (Å²) in [4.78, 5) is 12.5. The van der Waals surface area contributed by atoms with Crippen LogP contribution < -0.4 is 5.43 Å². The van der Waals surface area contributed by atoms with Gasteiger partial charge < -0.3 is 4.42 Å². The molecular weight excluding hydrogens is 262 g/mol. The van der Waals surface area contributed by atoms with Crippen molar-refractivity contribution in [3.8, 4) is 0 Å². The first kappa shape index (κ1) is 10.6. The van der Waals surface area contributed by atoms with Gasteiger partial charge in [-0.2, -0.15) is 0 Å². The Bertz CT molecular complexity index is 997. The Labute approximate surface area is 112 Å². The predicted octanol–water partition coefficient (Wildman–Crippen LogP) is 3.85. The molecule has 0 fully saturated rings. The number of fused-ring (bicyclic) bond motifs is 4. The number of halogens is 1. The Morgan fingerprint density at radius 1 is 1.05 bits per heavy atom. The molecule has 0 radical (unpaired) electrons. The van der Waals surface area contributed by atoms with Crippen LogP contribution in [0.1, 0.15) is 0 Å². The molecule has 92 valence electrons. The van der Waals surface area contributed by atoms with Crippen LogP contribution in [-0.2, 0) is 0 Å². The van der Waals surface area contributed by atoms with Crippen LogP contribution in [0.4, 0.5) is 0 Å². The van der Waals surface area contributed by atoms with Crippen molar-refractivity contribution in [3.05, 3.63) is 63.9 Å². The second-order valence-electron chi connectivity index (χ2n) is 4.43. The molecule has 0 saturated carbocycles. The molecule has 0 aliphatic heterocycles. The van der Waals surface area contributed by atoms with Crippen molar-refractivity contribution >= 4 is 39.2 Å². The van der Waals surface area contributed by atoms with Crippen molar-refractivity contribution < 1.29 is 4.42 Å². The summed E-state index contributed by atoms with van der Waals surface area (Å²) in [7, 11) is 0. The normalized spacial score (nSPS) is 11.6. The molecular formula is C15H8ClNO2. The lowest BCUT2D eigenvalue weighted by Crippen LogP contribution is -2.00. The number of rotatable bonds is 0. The minimum Gasteiger partial charge on any atom is -0.439 e. The third-order valence-corrected chi connectivity index (χ3v) is 3.51. The van der Waals surface area contributed by atoms with E-state index in [-0.39, 0.29) is 5.43 Å². The summed E-state index contributed by atoms with van der Waals surface area (Å²) >= 11 is 5.93. The molecule has 0 unspecified atom stereocenters. The fraction of sp³-hybridized carbons (Fsp3) is 0. The van der Waals surface area contributed by atoms with Gasteiger partial charge in [0.1, 0.15) is 5.58 Å². The van der Waals surface area contributed by atoms with Gasteiger partial charge in [-0.05, 0) is 36.4 Å². The third-order valence-electron chi connectivity index (χ3n) is 3.27. The maximum Gasteiger partial charge on any atom is 0.215 e. The smallest absolute Gasteiger partial charge is 0.215 e. The Balaban J connectivity index is 2.33. The molecule has 3 aromatic heterocycles. The molecule has 0 saturated heterocycles. The quantitative estimate of drug-likeness (QED) is 0.486. The number of aromatic nitrogens is 1. The second kappa shape index (κ2) is 3.62. The summed E-state index contributed by atoms with van der Waals surface area (Å²) in [6.45, 7) is 0. The van der Waals surface area contributed by atoms with E-state index in [1.165, 1.54) is 0 Å². The van der Waals surface area contributed by atoms with Gasteiger partial charge in [0.15, 0.2) is 0 Å². The van der Waals surface area contributed by atoms with E-state index in [2.05, 4.69) is 0 Å². The molecule has 4 rings (SSSR count). The Morgan fingerprint density at radius 3 is 2.84 bits per heavy atom. The van der Waals surface area contributed by atoms with Gasteiger partial charge in [0.05, 0.1) is 10.8 Å². The lowest BCUT2D eigenvalue weighted by molar-refractivity contribution is 0.640. The molecule has 4 aromatic rings. The van der Waals surface area contributed by atoms with Crippen molar-refractivity contribution in [2.75, 3.05) is 0 Å². The predicted molar refractivity (Wildman–Crippen MR) is 76.0 cm³/mol. The minimum absolute atomic E-state index is 0.0533. The molecule has 0 atom stereocenters. The maximum atomic E-state index is 12.5. The van der Waals surface area contributed by atoms with Crippen LogP contribution in [0.25, 0.3) is 27.6 Å². The number of pyridine rings is 1. The highest BCUT2D eigenvalue weighted by Crippen LogP contribution is 2.24. The molecule has 0 aliphatic carbocycles. The van der Waals surface area contributed by atoms with Gasteiger partial charge in [0, 0.05) is 16.7 Å². The summed E-state index contributed by atoms with van der Waals surface area (Å²) < 4.78 is 7.71. The van der Waals surface area contributed by atoms with Crippen molar-refractivity contribution in [1.82, 2.24) is 4.40 Å². The maximum absolute atomic E-state index is 12.5. The van der Waals surface area contributed by atoms with E-state index in [0.29, 0.717) is 27.1 Å². The zero-order valence-electron chi connectivity index (χ0n) is 9.76. The third kappa shape index (κ3) is 1.42. The second-order valence-corrected chi connectivity index (χ2v) is 4.87. The lowest BCUT2D eigenvalue weighted by atomic mass is 10.2. The highest BCUT2D eigenvalue weighted by Gasteiger charge is 2.12. The monoisotopic (exact) mass is 269 g/mol. The first-order chi connectivity index (χ1) is 9.24. The molecule has 0 spiro atoms. The number of benzene rings is 1. The van der Waals surface area contributed by atoms with Crippen LogP contribution in [-0.4, -0.2) is 4.40 Å². The van der Waals surface area contributed by atoms with Crippen LogP contribution >= 0.6 is 11.6 Å². The molecule has 19 heavy (non-hydrogen) atoms. The zero-order valence-corrected chi connectivity index (χ0v) is 10.5. The van der Waals surface area contributed by atoms with Crippen LogP contribution in [0, 0.1) is 0 Å². The first-order valence-electron chi connectivity index (χ1n) is 5.86. The van der Waals surface area contributed by atoms with Crippen molar-refractivity contribution in [2.24, 2.45) is 0 Å². The number of hydrogen-bond acceptors (Lipinski definition) is 2. The molecule has 4 heteroatoms. The Hall–Kier alpha value is -2.26. The van der Waals surface area contributed by atoms with Gasteiger partial charge in [-0.1, -0.05) is 17.7 Å². The van der Waals surface area contributed by atoms with Crippen molar-refractivity contribution in [1.29, 1.82) is 0 Å². The van der Waals surface area contributed by atoms with E-state index >= 15 is 0 Å². The Morgan fingerprint density at radius 2 is 1.95 bits per heavy atom. The molecule has 0 aliphatic rings. The summed E-state index contributed by atoms with van der Waals surface area (Å²) in [6.07, 6.45) is 1.88. The summed E-state index contributed by atoms with van der Waals surface area (Å²) in [5.74, 6) is 0. The van der Waals surface area contributed by atoms with Crippen LogP contribution in [0.2, 0.25) is 5.02 Å². The highest BCUT2D eigenvalue weighted by atomic mass is 35.5. The zero-order chi connectivity index (χ0) is 13.0. The number of nitrogens with zero attached hydrogens (tertiary/aromatic N) is 1. The summed E-state index contributed by atoms with van der Waals surface area (Å²) in [5.41, 5.74) is 1.99. The minimum atomic E-state index is -0.0533. The van der Waals surface area contributed by atoms with Gasteiger partial charge in [0.2, 0.25) is 11.1 Å². The fourth-order valence-electron chi connectivity index (χ4n) is 2.38. The van der Waals surface area contributed by atoms with E-state index in [1.807, 2.05) is 34.9 Å². The standard InChI is InChI=1S/C15H8ClNO2/c16-9-4-5-13-11(7-9)14(18)12-8-10-3-1-2-6-17(10)15(12)19-13/h1-8H. The van der Waals surface area contributed by atoms with Crippen molar-refractivity contribution in [2.45, 2.75) is 0 Å². The molecule has 3 nitrogen and oxygen atoms in total. The largest absolute Gasteiger partial charge is 0.439 e. The average Bonchev–Trinajstić information content (AvgIpc) is 2.79. The van der Waals surface area contributed by atoms with Gasteiger partial charge in [-0.25, -0.2) is 0 Å². The molecule has 0 N–H and O–H groups in total. The van der Waals surface area contributed by atoms with E-state index in [0.717, 1.165) is 5.52 Å². The Kier molecular flexibility index (Phi) is 2.03. The van der Waals surface area contributed by atoms with Crippen molar-refractivity contribution in [3.63, 3.8) is 0 Å². The summed E-state index contributed by atoms with van der Waals surface area (Å²) in [5, 5.41) is 1.61. The van der Waals surface area contributed by atoms with E-state index in [4.69, 9.17) is 16.0 Å². The van der Waals surface area contributed by atoms with E-state index in [9.17, 15) is 4.79 Å².